The Labute approximate surface area is 110 Å². The molecule has 0 atom stereocenters. The Morgan fingerprint density at radius 2 is 2.11 bits per heavy atom. The Balaban J connectivity index is 2.24. The van der Waals surface area contributed by atoms with Gasteiger partial charge in [-0.3, -0.25) is 0 Å². The molecule has 1 aliphatic rings. The van der Waals surface area contributed by atoms with Crippen molar-refractivity contribution in [3.05, 3.63) is 35.9 Å². The molecule has 2 rings (SSSR count). The van der Waals surface area contributed by atoms with Crippen molar-refractivity contribution in [1.29, 1.82) is 0 Å². The molecule has 1 N–H and O–H groups in total. The molecule has 1 aromatic carbocycles. The predicted molar refractivity (Wildman–Crippen MR) is 69.8 cm³/mol. The zero-order chi connectivity index (χ0) is 13.7. The molecule has 100 valence electrons. The second kappa shape index (κ2) is 5.95. The second-order valence-electron chi connectivity index (χ2n) is 3.80. The first kappa shape index (κ1) is 13.0. The summed E-state index contributed by atoms with van der Waals surface area (Å²) in [4.78, 5) is 10.3. The summed E-state index contributed by atoms with van der Waals surface area (Å²) in [6.07, 6.45) is 5.91. The minimum Gasteiger partial charge on any atom is -0.493 e. The van der Waals surface area contributed by atoms with E-state index in [4.69, 9.17) is 19.3 Å². The predicted octanol–water partition coefficient (Wildman–Crippen LogP) is 2.12. The quantitative estimate of drug-likeness (QED) is 0.665. The highest BCUT2D eigenvalue weighted by Crippen LogP contribution is 2.40. The average Bonchev–Trinajstić information content (AvgIpc) is 2.42. The van der Waals surface area contributed by atoms with Crippen LogP contribution in [0, 0.1) is 0 Å². The number of allylic oxidation sites excluding steroid dienone is 2. The number of ether oxygens (including phenoxy) is 3. The number of carboxylic acid groups (broad SMARTS) is 1. The smallest absolute Gasteiger partial charge is 0.328 e. The first-order valence-corrected chi connectivity index (χ1v) is 5.76. The van der Waals surface area contributed by atoms with Gasteiger partial charge in [-0.2, -0.15) is 0 Å². The van der Waals surface area contributed by atoms with E-state index in [1.54, 1.807) is 25.3 Å². The third-order valence-electron chi connectivity index (χ3n) is 2.49. The summed E-state index contributed by atoms with van der Waals surface area (Å²) < 4.78 is 16.2. The van der Waals surface area contributed by atoms with E-state index < -0.39 is 5.97 Å². The molecule has 1 aromatic rings. The zero-order valence-electron chi connectivity index (χ0n) is 10.5. The van der Waals surface area contributed by atoms with Gasteiger partial charge in [0.2, 0.25) is 5.75 Å². The highest BCUT2D eigenvalue weighted by Gasteiger charge is 2.17. The van der Waals surface area contributed by atoms with E-state index in [1.165, 1.54) is 6.08 Å². The summed E-state index contributed by atoms with van der Waals surface area (Å²) in [7, 11) is 1.56. The van der Waals surface area contributed by atoms with Crippen LogP contribution in [0.3, 0.4) is 0 Å². The van der Waals surface area contributed by atoms with Crippen LogP contribution in [0.5, 0.6) is 17.2 Å². The summed E-state index contributed by atoms with van der Waals surface area (Å²) in [5, 5.41) is 8.47. The monoisotopic (exact) mass is 262 g/mol. The highest BCUT2D eigenvalue weighted by atomic mass is 16.6. The second-order valence-corrected chi connectivity index (χ2v) is 3.80. The molecule has 0 radical (unpaired) electrons. The molecule has 19 heavy (non-hydrogen) atoms. The van der Waals surface area contributed by atoms with Crippen molar-refractivity contribution in [2.75, 3.05) is 20.3 Å². The molecular formula is C14H14O5. The van der Waals surface area contributed by atoms with Gasteiger partial charge in [-0.05, 0) is 17.7 Å². The lowest BCUT2D eigenvalue weighted by molar-refractivity contribution is -0.131. The van der Waals surface area contributed by atoms with Gasteiger partial charge < -0.3 is 19.3 Å². The fourth-order valence-electron chi connectivity index (χ4n) is 1.69. The largest absolute Gasteiger partial charge is 0.493 e. The lowest BCUT2D eigenvalue weighted by Crippen LogP contribution is -2.16. The van der Waals surface area contributed by atoms with Crippen LogP contribution in [0.25, 0.3) is 6.08 Å². The number of carboxylic acids is 1. The number of methoxy groups -OCH3 is 1. The minimum absolute atomic E-state index is 0.500. The molecule has 5 heteroatoms. The van der Waals surface area contributed by atoms with Crippen LogP contribution < -0.4 is 14.2 Å². The maximum atomic E-state index is 10.3. The van der Waals surface area contributed by atoms with Gasteiger partial charge in [0.1, 0.15) is 13.2 Å². The molecule has 0 amide bonds. The molecule has 5 nitrogen and oxygen atoms in total. The number of aliphatic carboxylic acids is 1. The number of fused-ring (bicyclic) bond motifs is 1. The first-order chi connectivity index (χ1) is 9.20. The van der Waals surface area contributed by atoms with Crippen LogP contribution in [-0.2, 0) is 4.79 Å². The van der Waals surface area contributed by atoms with E-state index >= 15 is 0 Å². The Hall–Kier alpha value is -2.43. The minimum atomic E-state index is -0.982. The fourth-order valence-corrected chi connectivity index (χ4v) is 1.69. The Kier molecular flexibility index (Phi) is 4.07. The van der Waals surface area contributed by atoms with E-state index in [1.807, 2.05) is 6.07 Å². The number of carbonyl (C=O) groups is 1. The van der Waals surface area contributed by atoms with E-state index in [9.17, 15) is 4.79 Å². The summed E-state index contributed by atoms with van der Waals surface area (Å²) in [6, 6.07) is 3.63. The fraction of sp³-hybridized carbons (Fsp3) is 0.214. The van der Waals surface area contributed by atoms with Crippen LogP contribution in [0.2, 0.25) is 0 Å². The molecule has 1 heterocycles. The van der Waals surface area contributed by atoms with E-state index in [0.717, 1.165) is 11.6 Å². The molecular weight excluding hydrogens is 248 g/mol. The van der Waals surface area contributed by atoms with Crippen LogP contribution in [0.1, 0.15) is 5.56 Å². The van der Waals surface area contributed by atoms with Crippen LogP contribution in [-0.4, -0.2) is 31.4 Å². The normalized spacial score (nSPS) is 13.9. The molecule has 1 aliphatic heterocycles. The van der Waals surface area contributed by atoms with Crippen molar-refractivity contribution >= 4 is 12.0 Å². The first-order valence-electron chi connectivity index (χ1n) is 5.76. The van der Waals surface area contributed by atoms with Crippen molar-refractivity contribution in [3.63, 3.8) is 0 Å². The van der Waals surface area contributed by atoms with Crippen molar-refractivity contribution < 1.29 is 24.1 Å². The highest BCUT2D eigenvalue weighted by molar-refractivity contribution is 5.80. The van der Waals surface area contributed by atoms with Crippen LogP contribution in [0.4, 0.5) is 0 Å². The van der Waals surface area contributed by atoms with Crippen molar-refractivity contribution in [3.8, 4) is 17.2 Å². The van der Waals surface area contributed by atoms with Crippen LogP contribution in [0.15, 0.2) is 30.4 Å². The van der Waals surface area contributed by atoms with Gasteiger partial charge in [0.05, 0.1) is 7.11 Å². The van der Waals surface area contributed by atoms with Gasteiger partial charge in [-0.1, -0.05) is 18.2 Å². The summed E-state index contributed by atoms with van der Waals surface area (Å²) in [6.45, 7) is 1.00. The summed E-state index contributed by atoms with van der Waals surface area (Å²) in [5.74, 6) is 0.850. The Morgan fingerprint density at radius 1 is 1.32 bits per heavy atom. The molecule has 0 fully saturated rings. The molecule has 0 unspecified atom stereocenters. The lowest BCUT2D eigenvalue weighted by Gasteiger charge is -2.20. The average molecular weight is 262 g/mol. The number of benzene rings is 1. The van der Waals surface area contributed by atoms with Crippen molar-refractivity contribution in [2.45, 2.75) is 0 Å². The van der Waals surface area contributed by atoms with Gasteiger partial charge in [0.15, 0.2) is 11.5 Å². The zero-order valence-corrected chi connectivity index (χ0v) is 10.5. The Bertz CT molecular complexity index is 514. The molecule has 0 aliphatic carbocycles. The number of hydrogen-bond acceptors (Lipinski definition) is 4. The maximum Gasteiger partial charge on any atom is 0.328 e. The topological polar surface area (TPSA) is 65.0 Å². The van der Waals surface area contributed by atoms with Gasteiger partial charge in [0.25, 0.3) is 0 Å². The van der Waals surface area contributed by atoms with Gasteiger partial charge >= 0.3 is 5.97 Å². The molecule has 0 bridgehead atoms. The van der Waals surface area contributed by atoms with E-state index in [2.05, 4.69) is 0 Å². The van der Waals surface area contributed by atoms with Crippen molar-refractivity contribution in [1.82, 2.24) is 0 Å². The van der Waals surface area contributed by atoms with Gasteiger partial charge in [0, 0.05) is 6.08 Å². The Morgan fingerprint density at radius 3 is 2.84 bits per heavy atom. The van der Waals surface area contributed by atoms with Crippen LogP contribution >= 0.6 is 0 Å². The SMILES string of the molecule is COc1cc(C=CC=CC(=O)O)cc2c1OCCO2. The van der Waals surface area contributed by atoms with Gasteiger partial charge in [-0.25, -0.2) is 4.79 Å². The van der Waals surface area contributed by atoms with Gasteiger partial charge in [-0.15, -0.1) is 0 Å². The third-order valence-corrected chi connectivity index (χ3v) is 2.49. The number of rotatable bonds is 4. The summed E-state index contributed by atoms with van der Waals surface area (Å²) >= 11 is 0. The standard InChI is InChI=1S/C14H14O5/c1-17-11-8-10(4-2-3-5-13(15)16)9-12-14(11)19-7-6-18-12/h2-5,8-9H,6-7H2,1H3,(H,15,16). The lowest BCUT2D eigenvalue weighted by atomic mass is 10.1. The number of hydrogen-bond donors (Lipinski definition) is 1. The third kappa shape index (κ3) is 3.28. The van der Waals surface area contributed by atoms with E-state index in [-0.39, 0.29) is 0 Å². The van der Waals surface area contributed by atoms with E-state index in [0.29, 0.717) is 30.5 Å². The molecule has 0 spiro atoms. The summed E-state index contributed by atoms with van der Waals surface area (Å²) in [5.41, 5.74) is 0.844. The molecule has 0 aromatic heterocycles. The maximum absolute atomic E-state index is 10.3. The van der Waals surface area contributed by atoms with Crippen molar-refractivity contribution in [2.24, 2.45) is 0 Å². The molecule has 0 saturated heterocycles. The molecule has 0 saturated carbocycles.